The molecule has 1 atom stereocenters. The number of hydrogen-bond acceptors (Lipinski definition) is 3. The van der Waals surface area contributed by atoms with E-state index in [1.165, 1.54) is 5.56 Å². The first-order chi connectivity index (χ1) is 16.4. The van der Waals surface area contributed by atoms with Crippen LogP contribution in [-0.4, -0.2) is 72.5 Å². The van der Waals surface area contributed by atoms with E-state index < -0.39 is 0 Å². The summed E-state index contributed by atoms with van der Waals surface area (Å²) in [4.78, 5) is 20.5. The van der Waals surface area contributed by atoms with E-state index in [0.29, 0.717) is 16.1 Å². The zero-order chi connectivity index (χ0) is 24.1. The number of likely N-dealkylation sites (tertiary alicyclic amines) is 1. The molecule has 2 aromatic rings. The van der Waals surface area contributed by atoms with Gasteiger partial charge in [0, 0.05) is 56.3 Å². The van der Waals surface area contributed by atoms with Gasteiger partial charge in [-0.3, -0.25) is 9.69 Å². The van der Waals surface area contributed by atoms with Gasteiger partial charge in [-0.15, -0.1) is 0 Å². The Morgan fingerprint density at radius 3 is 2.38 bits per heavy atom. The molecule has 4 nitrogen and oxygen atoms in total. The third-order valence-electron chi connectivity index (χ3n) is 7.68. The van der Waals surface area contributed by atoms with Crippen molar-refractivity contribution in [1.82, 2.24) is 14.7 Å². The van der Waals surface area contributed by atoms with Crippen LogP contribution in [0.15, 0.2) is 48.5 Å². The number of amides is 1. The molecular weight excluding hydrogens is 465 g/mol. The summed E-state index contributed by atoms with van der Waals surface area (Å²) in [5, 5.41) is 1.17. The first-order valence-electron chi connectivity index (χ1n) is 12.6. The van der Waals surface area contributed by atoms with Crippen molar-refractivity contribution in [2.24, 2.45) is 0 Å². The fourth-order valence-corrected chi connectivity index (χ4v) is 5.92. The molecule has 2 aliphatic rings. The molecule has 4 rings (SSSR count). The lowest BCUT2D eigenvalue weighted by Gasteiger charge is -2.44. The van der Waals surface area contributed by atoms with E-state index >= 15 is 0 Å². The van der Waals surface area contributed by atoms with Crippen LogP contribution >= 0.6 is 23.2 Å². The van der Waals surface area contributed by atoms with E-state index in [9.17, 15) is 4.79 Å². The number of hydrogen-bond donors (Lipinski definition) is 0. The maximum absolute atomic E-state index is 13.3. The second-order valence-corrected chi connectivity index (χ2v) is 11.0. The summed E-state index contributed by atoms with van der Waals surface area (Å²) in [7, 11) is 0. The Morgan fingerprint density at radius 2 is 1.71 bits per heavy atom. The lowest BCUT2D eigenvalue weighted by molar-refractivity contribution is 0.0612. The number of benzene rings is 2. The zero-order valence-corrected chi connectivity index (χ0v) is 22.0. The van der Waals surface area contributed by atoms with E-state index in [1.54, 1.807) is 0 Å². The molecule has 2 saturated heterocycles. The first kappa shape index (κ1) is 25.5. The number of halogens is 2. The van der Waals surface area contributed by atoms with Gasteiger partial charge < -0.3 is 9.80 Å². The van der Waals surface area contributed by atoms with Gasteiger partial charge in [-0.1, -0.05) is 47.5 Å². The summed E-state index contributed by atoms with van der Waals surface area (Å²) < 4.78 is 0. The highest BCUT2D eigenvalue weighted by Crippen LogP contribution is 2.41. The van der Waals surface area contributed by atoms with Gasteiger partial charge >= 0.3 is 0 Å². The summed E-state index contributed by atoms with van der Waals surface area (Å²) in [6.45, 7) is 11.7. The van der Waals surface area contributed by atoms with Gasteiger partial charge in [0.15, 0.2) is 0 Å². The van der Waals surface area contributed by atoms with Crippen LogP contribution in [-0.2, 0) is 5.41 Å². The van der Waals surface area contributed by atoms with E-state index in [-0.39, 0.29) is 11.3 Å². The van der Waals surface area contributed by atoms with Crippen LogP contribution in [0.1, 0.15) is 55.5 Å². The summed E-state index contributed by atoms with van der Waals surface area (Å²) in [6.07, 6.45) is 4.19. The van der Waals surface area contributed by atoms with E-state index in [1.807, 2.05) is 47.4 Å². The molecule has 2 aliphatic heterocycles. The minimum absolute atomic E-state index is 0.101. The Kier molecular flexibility index (Phi) is 8.57. The molecule has 0 aliphatic carbocycles. The molecule has 0 saturated carbocycles. The van der Waals surface area contributed by atoms with E-state index in [0.717, 1.165) is 77.1 Å². The number of rotatable bonds is 7. The molecular formula is C28H37Cl2N3O. The molecule has 0 aromatic heterocycles. The minimum Gasteiger partial charge on any atom is -0.338 e. The number of nitrogens with zero attached hydrogens (tertiary/aromatic N) is 3. The van der Waals surface area contributed by atoms with Gasteiger partial charge in [0.05, 0.1) is 10.0 Å². The topological polar surface area (TPSA) is 26.8 Å². The Balaban J connectivity index is 1.48. The maximum Gasteiger partial charge on any atom is 0.253 e. The molecule has 0 radical (unpaired) electrons. The average molecular weight is 503 g/mol. The lowest BCUT2D eigenvalue weighted by atomic mass is 9.71. The van der Waals surface area contributed by atoms with Gasteiger partial charge in [-0.25, -0.2) is 0 Å². The van der Waals surface area contributed by atoms with Gasteiger partial charge in [0.25, 0.3) is 5.91 Å². The van der Waals surface area contributed by atoms with Crippen molar-refractivity contribution in [3.05, 3.63) is 69.7 Å². The molecule has 2 heterocycles. The summed E-state index contributed by atoms with van der Waals surface area (Å²) in [5.41, 5.74) is 1.86. The molecule has 2 fully saturated rings. The minimum atomic E-state index is -0.101. The van der Waals surface area contributed by atoms with Crippen molar-refractivity contribution >= 4 is 29.1 Å². The third kappa shape index (κ3) is 5.96. The molecule has 1 unspecified atom stereocenters. The molecule has 0 N–H and O–H groups in total. The highest BCUT2D eigenvalue weighted by atomic mass is 35.5. The van der Waals surface area contributed by atoms with Crippen LogP contribution in [0.2, 0.25) is 10.0 Å². The number of carbonyl (C=O) groups is 1. The summed E-state index contributed by atoms with van der Waals surface area (Å²) in [5.74, 6) is 0.120. The SMILES string of the molecule is CC(C)N1CCN(CCCC2(c3ccc(Cl)c(Cl)c3)CCCN(C(=O)c3ccccc3)C2)CC1. The molecule has 0 bridgehead atoms. The molecule has 1 amide bonds. The second-order valence-electron chi connectivity index (χ2n) is 10.2. The number of piperidine rings is 1. The van der Waals surface area contributed by atoms with Crippen LogP contribution in [0.25, 0.3) is 0 Å². The third-order valence-corrected chi connectivity index (χ3v) is 8.42. The quantitative estimate of drug-likeness (QED) is 0.467. The Labute approximate surface area is 214 Å². The highest BCUT2D eigenvalue weighted by molar-refractivity contribution is 6.42. The predicted octanol–water partition coefficient (Wildman–Crippen LogP) is 5.97. The van der Waals surface area contributed by atoms with E-state index in [2.05, 4.69) is 29.7 Å². The average Bonchev–Trinajstić information content (AvgIpc) is 2.86. The number of piperazine rings is 1. The largest absolute Gasteiger partial charge is 0.338 e. The number of carbonyl (C=O) groups excluding carboxylic acids is 1. The first-order valence-corrected chi connectivity index (χ1v) is 13.4. The van der Waals surface area contributed by atoms with E-state index in [4.69, 9.17) is 23.2 Å². The lowest BCUT2D eigenvalue weighted by Crippen LogP contribution is -2.50. The molecule has 2 aromatic carbocycles. The summed E-state index contributed by atoms with van der Waals surface area (Å²) in [6, 6.07) is 16.3. The Bertz CT molecular complexity index is 959. The van der Waals surface area contributed by atoms with Crippen molar-refractivity contribution in [3.8, 4) is 0 Å². The highest BCUT2D eigenvalue weighted by Gasteiger charge is 2.39. The summed E-state index contributed by atoms with van der Waals surface area (Å²) >= 11 is 12.7. The van der Waals surface area contributed by atoms with Crippen LogP contribution < -0.4 is 0 Å². The fraction of sp³-hybridized carbons (Fsp3) is 0.536. The van der Waals surface area contributed by atoms with Crippen molar-refractivity contribution < 1.29 is 4.79 Å². The van der Waals surface area contributed by atoms with Crippen molar-refractivity contribution in [1.29, 1.82) is 0 Å². The Hall–Kier alpha value is -1.59. The molecule has 6 heteroatoms. The monoisotopic (exact) mass is 501 g/mol. The zero-order valence-electron chi connectivity index (χ0n) is 20.5. The predicted molar refractivity (Wildman–Crippen MR) is 142 cm³/mol. The Morgan fingerprint density at radius 1 is 0.971 bits per heavy atom. The van der Waals surface area contributed by atoms with Crippen molar-refractivity contribution in [2.75, 3.05) is 45.8 Å². The van der Waals surface area contributed by atoms with Gasteiger partial charge in [-0.05, 0) is 75.9 Å². The molecule has 0 spiro atoms. The standard InChI is InChI=1S/C28H37Cl2N3O/c1-22(2)32-18-16-31(17-19-32)14-6-12-28(24-10-11-25(29)26(30)20-24)13-7-15-33(21-28)27(34)23-8-4-3-5-9-23/h3-5,8-11,20,22H,6-7,12-19,21H2,1-2H3. The fourth-order valence-electron chi connectivity index (χ4n) is 5.62. The molecule has 34 heavy (non-hydrogen) atoms. The molecule has 184 valence electrons. The van der Waals surface area contributed by atoms with Crippen molar-refractivity contribution in [3.63, 3.8) is 0 Å². The normalized spacial score (nSPS) is 22.3. The smallest absolute Gasteiger partial charge is 0.253 e. The van der Waals surface area contributed by atoms with Crippen molar-refractivity contribution in [2.45, 2.75) is 51.0 Å². The van der Waals surface area contributed by atoms with Gasteiger partial charge in [0.1, 0.15) is 0 Å². The van der Waals surface area contributed by atoms with Crippen LogP contribution in [0.5, 0.6) is 0 Å². The van der Waals surface area contributed by atoms with Gasteiger partial charge in [-0.2, -0.15) is 0 Å². The van der Waals surface area contributed by atoms with Gasteiger partial charge in [0.2, 0.25) is 0 Å². The second kappa shape index (κ2) is 11.4. The maximum atomic E-state index is 13.3. The van der Waals surface area contributed by atoms with Crippen LogP contribution in [0.3, 0.4) is 0 Å². The van der Waals surface area contributed by atoms with Crippen LogP contribution in [0, 0.1) is 0 Å². The van der Waals surface area contributed by atoms with Crippen LogP contribution in [0.4, 0.5) is 0 Å².